The first-order valence-corrected chi connectivity index (χ1v) is 12.8. The first-order chi connectivity index (χ1) is 17.1. The average molecular weight is 474 g/mol. The molecular formula is C28H31N3O4. The van der Waals surface area contributed by atoms with Crippen molar-refractivity contribution in [2.24, 2.45) is 0 Å². The molecule has 182 valence electrons. The van der Waals surface area contributed by atoms with Gasteiger partial charge in [0, 0.05) is 43.6 Å². The number of nitrogens with one attached hydrogen (secondary N) is 1. The Labute approximate surface area is 205 Å². The summed E-state index contributed by atoms with van der Waals surface area (Å²) >= 11 is 0. The molecule has 0 spiro atoms. The Hall–Kier alpha value is -3.19. The quantitative estimate of drug-likeness (QED) is 0.675. The van der Waals surface area contributed by atoms with Gasteiger partial charge in [0.25, 0.3) is 5.91 Å². The van der Waals surface area contributed by atoms with Crippen LogP contribution in [0.2, 0.25) is 0 Å². The molecular weight excluding hydrogens is 442 g/mol. The van der Waals surface area contributed by atoms with Crippen molar-refractivity contribution in [2.75, 3.05) is 13.1 Å². The molecule has 4 aliphatic rings. The fourth-order valence-corrected chi connectivity index (χ4v) is 6.15. The van der Waals surface area contributed by atoms with Gasteiger partial charge in [-0.2, -0.15) is 0 Å². The molecule has 1 saturated carbocycles. The van der Waals surface area contributed by atoms with E-state index >= 15 is 0 Å². The molecule has 1 N–H and O–H groups in total. The van der Waals surface area contributed by atoms with Crippen molar-refractivity contribution < 1.29 is 19.1 Å². The molecule has 7 heteroatoms. The summed E-state index contributed by atoms with van der Waals surface area (Å²) in [5.74, 6) is 0.587. The van der Waals surface area contributed by atoms with E-state index in [2.05, 4.69) is 40.5 Å². The molecule has 0 radical (unpaired) electrons. The Morgan fingerprint density at radius 1 is 0.914 bits per heavy atom. The lowest BCUT2D eigenvalue weighted by Gasteiger charge is -2.48. The molecule has 2 saturated heterocycles. The van der Waals surface area contributed by atoms with Crippen molar-refractivity contribution >= 4 is 17.7 Å². The summed E-state index contributed by atoms with van der Waals surface area (Å²) in [7, 11) is 0. The highest BCUT2D eigenvalue weighted by Gasteiger charge is 2.41. The molecule has 0 aromatic heterocycles. The van der Waals surface area contributed by atoms with Crippen LogP contribution in [0.5, 0.6) is 5.75 Å². The number of likely N-dealkylation sites (tertiary alicyclic amines) is 1. The maximum absolute atomic E-state index is 13.0. The Morgan fingerprint density at radius 2 is 1.71 bits per heavy atom. The van der Waals surface area contributed by atoms with Gasteiger partial charge in [0.1, 0.15) is 17.9 Å². The van der Waals surface area contributed by atoms with Gasteiger partial charge in [0.15, 0.2) is 0 Å². The molecule has 2 aromatic rings. The fourth-order valence-electron chi connectivity index (χ4n) is 6.15. The van der Waals surface area contributed by atoms with Crippen molar-refractivity contribution in [2.45, 2.75) is 69.2 Å². The van der Waals surface area contributed by atoms with E-state index in [-0.39, 0.29) is 30.2 Å². The van der Waals surface area contributed by atoms with Gasteiger partial charge < -0.3 is 9.64 Å². The third-order valence-corrected chi connectivity index (χ3v) is 8.10. The predicted molar refractivity (Wildman–Crippen MR) is 130 cm³/mol. The number of rotatable bonds is 5. The summed E-state index contributed by atoms with van der Waals surface area (Å²) in [6.45, 7) is 2.53. The van der Waals surface area contributed by atoms with E-state index in [1.165, 1.54) is 18.4 Å². The molecule has 7 nitrogen and oxygen atoms in total. The SMILES string of the molecule is O=C1CC[C@H](N2Cc3cc(O[C@H]4CCCC[C@@H]4N4CC(c5ccccc5)C4)ccc3C2=O)C(=O)N1. The summed E-state index contributed by atoms with van der Waals surface area (Å²) in [4.78, 5) is 40.9. The number of fused-ring (bicyclic) bond motifs is 1. The highest BCUT2D eigenvalue weighted by Crippen LogP contribution is 2.36. The summed E-state index contributed by atoms with van der Waals surface area (Å²) in [5.41, 5.74) is 2.93. The van der Waals surface area contributed by atoms with E-state index in [0.29, 0.717) is 30.5 Å². The van der Waals surface area contributed by atoms with Crippen molar-refractivity contribution in [3.63, 3.8) is 0 Å². The van der Waals surface area contributed by atoms with Crippen LogP contribution in [0, 0.1) is 0 Å². The number of hydrogen-bond acceptors (Lipinski definition) is 5. The van der Waals surface area contributed by atoms with Crippen molar-refractivity contribution in [1.29, 1.82) is 0 Å². The standard InChI is InChI=1S/C28H31N3O4/c32-26-13-12-24(27(33)29-26)31-17-19-14-21(10-11-22(19)28(31)34)35-25-9-5-4-8-23(25)30-15-20(16-30)18-6-2-1-3-7-18/h1-3,6-7,10-11,14,20,23-25H,4-5,8-9,12-13,15-17H2,(H,29,32,33)/t23-,24-,25-/m0/s1. The molecule has 2 aromatic carbocycles. The monoisotopic (exact) mass is 473 g/mol. The van der Waals surface area contributed by atoms with E-state index in [0.717, 1.165) is 37.2 Å². The van der Waals surface area contributed by atoms with E-state index in [1.807, 2.05) is 18.2 Å². The van der Waals surface area contributed by atoms with Crippen LogP contribution in [-0.4, -0.2) is 58.8 Å². The number of imide groups is 1. The summed E-state index contributed by atoms with van der Waals surface area (Å²) in [5, 5.41) is 2.36. The second kappa shape index (κ2) is 9.11. The first kappa shape index (κ1) is 22.3. The Bertz CT molecular complexity index is 1140. The van der Waals surface area contributed by atoms with Crippen LogP contribution >= 0.6 is 0 Å². The van der Waals surface area contributed by atoms with Gasteiger partial charge in [0.2, 0.25) is 11.8 Å². The van der Waals surface area contributed by atoms with Crippen LogP contribution in [-0.2, 0) is 16.1 Å². The van der Waals surface area contributed by atoms with Crippen molar-refractivity contribution in [3.8, 4) is 5.75 Å². The van der Waals surface area contributed by atoms with Crippen molar-refractivity contribution in [1.82, 2.24) is 15.1 Å². The van der Waals surface area contributed by atoms with Gasteiger partial charge in [-0.3, -0.25) is 24.6 Å². The Balaban J connectivity index is 1.12. The van der Waals surface area contributed by atoms with Gasteiger partial charge >= 0.3 is 0 Å². The third kappa shape index (κ3) is 4.22. The van der Waals surface area contributed by atoms with Gasteiger partial charge in [-0.15, -0.1) is 0 Å². The zero-order chi connectivity index (χ0) is 23.9. The number of carbonyl (C=O) groups is 3. The maximum Gasteiger partial charge on any atom is 0.255 e. The lowest BCUT2D eigenvalue weighted by atomic mass is 9.84. The average Bonchev–Trinajstić information content (AvgIpc) is 3.15. The number of ether oxygens (including phenoxy) is 1. The van der Waals surface area contributed by atoms with E-state index < -0.39 is 6.04 Å². The zero-order valence-electron chi connectivity index (χ0n) is 19.8. The van der Waals surface area contributed by atoms with Gasteiger partial charge in [-0.1, -0.05) is 36.8 Å². The molecule has 3 fully saturated rings. The number of carbonyl (C=O) groups excluding carboxylic acids is 3. The van der Waals surface area contributed by atoms with Gasteiger partial charge in [0.05, 0.1) is 0 Å². The van der Waals surface area contributed by atoms with Crippen LogP contribution in [0.4, 0.5) is 0 Å². The Morgan fingerprint density at radius 3 is 2.51 bits per heavy atom. The van der Waals surface area contributed by atoms with Crippen LogP contribution in [0.3, 0.4) is 0 Å². The number of amides is 3. The molecule has 0 bridgehead atoms. The molecule has 3 heterocycles. The molecule has 1 aliphatic carbocycles. The summed E-state index contributed by atoms with van der Waals surface area (Å²) in [6, 6.07) is 16.2. The van der Waals surface area contributed by atoms with Crippen molar-refractivity contribution in [3.05, 3.63) is 65.2 Å². The largest absolute Gasteiger partial charge is 0.489 e. The lowest BCUT2D eigenvalue weighted by Crippen LogP contribution is -2.57. The second-order valence-corrected chi connectivity index (χ2v) is 10.3. The highest BCUT2D eigenvalue weighted by molar-refractivity contribution is 6.05. The van der Waals surface area contributed by atoms with Crippen LogP contribution in [0.1, 0.15) is 65.9 Å². The van der Waals surface area contributed by atoms with E-state index in [9.17, 15) is 14.4 Å². The predicted octanol–water partition coefficient (Wildman–Crippen LogP) is 3.24. The molecule has 0 unspecified atom stereocenters. The first-order valence-electron chi connectivity index (χ1n) is 12.8. The minimum Gasteiger partial charge on any atom is -0.489 e. The van der Waals surface area contributed by atoms with Gasteiger partial charge in [-0.25, -0.2) is 0 Å². The lowest BCUT2D eigenvalue weighted by molar-refractivity contribution is -0.136. The zero-order valence-corrected chi connectivity index (χ0v) is 19.8. The highest BCUT2D eigenvalue weighted by atomic mass is 16.5. The molecule has 3 atom stereocenters. The Kier molecular flexibility index (Phi) is 5.80. The topological polar surface area (TPSA) is 79.0 Å². The number of benzene rings is 2. The number of hydrogen-bond donors (Lipinski definition) is 1. The second-order valence-electron chi connectivity index (χ2n) is 10.3. The fraction of sp³-hybridized carbons (Fsp3) is 0.464. The minimum atomic E-state index is -0.594. The summed E-state index contributed by atoms with van der Waals surface area (Å²) < 4.78 is 6.55. The van der Waals surface area contributed by atoms with E-state index in [4.69, 9.17) is 4.74 Å². The number of nitrogens with zero attached hydrogens (tertiary/aromatic N) is 2. The molecule has 6 rings (SSSR count). The summed E-state index contributed by atoms with van der Waals surface area (Å²) in [6.07, 6.45) is 5.36. The molecule has 3 aliphatic heterocycles. The third-order valence-electron chi connectivity index (χ3n) is 8.10. The molecule has 3 amide bonds. The van der Waals surface area contributed by atoms with Crippen LogP contribution in [0.25, 0.3) is 0 Å². The smallest absolute Gasteiger partial charge is 0.255 e. The molecule has 35 heavy (non-hydrogen) atoms. The van der Waals surface area contributed by atoms with E-state index in [1.54, 1.807) is 4.90 Å². The number of piperidine rings is 1. The van der Waals surface area contributed by atoms with Gasteiger partial charge in [-0.05, 0) is 55.0 Å². The van der Waals surface area contributed by atoms with Crippen LogP contribution < -0.4 is 10.1 Å². The van der Waals surface area contributed by atoms with Crippen LogP contribution in [0.15, 0.2) is 48.5 Å². The maximum atomic E-state index is 13.0. The normalized spacial score (nSPS) is 27.4. The minimum absolute atomic E-state index is 0.141.